The van der Waals surface area contributed by atoms with Crippen LogP contribution in [0.25, 0.3) is 5.69 Å². The number of hydrogen-bond donors (Lipinski definition) is 1. The van der Waals surface area contributed by atoms with Crippen molar-refractivity contribution in [1.29, 1.82) is 5.26 Å². The molecular formula is C20H18N4O. The van der Waals surface area contributed by atoms with Gasteiger partial charge in [-0.25, -0.2) is 4.68 Å². The first kappa shape index (κ1) is 16.5. The number of carbonyl (C=O) groups excluding carboxylic acids is 1. The molecule has 0 aliphatic carbocycles. The number of carbonyl (C=O) groups is 1. The van der Waals surface area contributed by atoms with E-state index in [0.29, 0.717) is 16.9 Å². The molecule has 124 valence electrons. The van der Waals surface area contributed by atoms with Gasteiger partial charge in [-0.05, 0) is 62.2 Å². The van der Waals surface area contributed by atoms with Gasteiger partial charge in [0.15, 0.2) is 0 Å². The van der Waals surface area contributed by atoms with Crippen LogP contribution >= 0.6 is 0 Å². The van der Waals surface area contributed by atoms with Gasteiger partial charge in [-0.1, -0.05) is 12.1 Å². The molecule has 0 fully saturated rings. The molecule has 2 aromatic carbocycles. The summed E-state index contributed by atoms with van der Waals surface area (Å²) in [5.74, 6) is 0.317. The van der Waals surface area contributed by atoms with Gasteiger partial charge in [0, 0.05) is 11.6 Å². The van der Waals surface area contributed by atoms with Crippen LogP contribution in [0, 0.1) is 32.1 Å². The van der Waals surface area contributed by atoms with Gasteiger partial charge in [0.2, 0.25) is 0 Å². The molecule has 0 unspecified atom stereocenters. The lowest BCUT2D eigenvalue weighted by molar-refractivity contribution is 0.102. The van der Waals surface area contributed by atoms with Crippen molar-refractivity contribution in [3.05, 3.63) is 76.5 Å². The van der Waals surface area contributed by atoms with Crippen molar-refractivity contribution >= 4 is 11.7 Å². The van der Waals surface area contributed by atoms with Crippen molar-refractivity contribution in [2.75, 3.05) is 5.32 Å². The van der Waals surface area contributed by atoms with Crippen molar-refractivity contribution in [2.24, 2.45) is 0 Å². The fourth-order valence-electron chi connectivity index (χ4n) is 2.78. The van der Waals surface area contributed by atoms with Crippen LogP contribution in [-0.4, -0.2) is 15.7 Å². The number of amides is 1. The SMILES string of the molecule is Cc1cc(C)cc(-n2nc(C)cc2NC(=O)c2cccc(C#N)c2)c1. The van der Waals surface area contributed by atoms with E-state index in [4.69, 9.17) is 5.26 Å². The van der Waals surface area contributed by atoms with Crippen molar-refractivity contribution in [3.63, 3.8) is 0 Å². The molecular weight excluding hydrogens is 312 g/mol. The maximum atomic E-state index is 12.5. The highest BCUT2D eigenvalue weighted by Crippen LogP contribution is 2.20. The van der Waals surface area contributed by atoms with E-state index in [9.17, 15) is 4.79 Å². The highest BCUT2D eigenvalue weighted by molar-refractivity contribution is 6.04. The Morgan fingerprint density at radius 2 is 1.80 bits per heavy atom. The third-order valence-corrected chi connectivity index (χ3v) is 3.78. The molecule has 5 heteroatoms. The van der Waals surface area contributed by atoms with Crippen LogP contribution in [0.15, 0.2) is 48.5 Å². The lowest BCUT2D eigenvalue weighted by Gasteiger charge is -2.11. The molecule has 0 bridgehead atoms. The summed E-state index contributed by atoms with van der Waals surface area (Å²) in [6.45, 7) is 5.93. The Bertz CT molecular complexity index is 975. The third kappa shape index (κ3) is 3.59. The van der Waals surface area contributed by atoms with Crippen LogP contribution in [0.5, 0.6) is 0 Å². The number of nitrogens with zero attached hydrogens (tertiary/aromatic N) is 3. The van der Waals surface area contributed by atoms with Crippen LogP contribution < -0.4 is 5.32 Å². The molecule has 3 rings (SSSR count). The summed E-state index contributed by atoms with van der Waals surface area (Å²) < 4.78 is 1.72. The third-order valence-electron chi connectivity index (χ3n) is 3.78. The predicted octanol–water partition coefficient (Wildman–Crippen LogP) is 3.92. The second-order valence-electron chi connectivity index (χ2n) is 6.08. The topological polar surface area (TPSA) is 70.7 Å². The van der Waals surface area contributed by atoms with Crippen molar-refractivity contribution in [3.8, 4) is 11.8 Å². The highest BCUT2D eigenvalue weighted by Gasteiger charge is 2.13. The monoisotopic (exact) mass is 330 g/mol. The first-order valence-electron chi connectivity index (χ1n) is 7.93. The van der Waals surface area contributed by atoms with Crippen LogP contribution in [0.3, 0.4) is 0 Å². The molecule has 25 heavy (non-hydrogen) atoms. The number of anilines is 1. The Morgan fingerprint density at radius 3 is 2.48 bits per heavy atom. The van der Waals surface area contributed by atoms with Crippen LogP contribution in [0.4, 0.5) is 5.82 Å². The van der Waals surface area contributed by atoms with Crippen molar-refractivity contribution < 1.29 is 4.79 Å². The predicted molar refractivity (Wildman–Crippen MR) is 96.9 cm³/mol. The average Bonchev–Trinajstić information content (AvgIpc) is 2.94. The summed E-state index contributed by atoms with van der Waals surface area (Å²) >= 11 is 0. The molecule has 1 N–H and O–H groups in total. The molecule has 3 aromatic rings. The van der Waals surface area contributed by atoms with Crippen LogP contribution in [-0.2, 0) is 0 Å². The van der Waals surface area contributed by atoms with Crippen molar-refractivity contribution in [2.45, 2.75) is 20.8 Å². The molecule has 1 heterocycles. The van der Waals surface area contributed by atoms with Gasteiger partial charge < -0.3 is 5.32 Å². The van der Waals surface area contributed by atoms with E-state index < -0.39 is 0 Å². The zero-order valence-electron chi connectivity index (χ0n) is 14.4. The lowest BCUT2D eigenvalue weighted by Crippen LogP contribution is -2.15. The normalized spacial score (nSPS) is 10.3. The number of rotatable bonds is 3. The molecule has 0 saturated carbocycles. The van der Waals surface area contributed by atoms with E-state index in [1.165, 1.54) is 0 Å². The molecule has 1 aromatic heterocycles. The summed E-state index contributed by atoms with van der Waals surface area (Å²) in [4.78, 5) is 12.5. The Kier molecular flexibility index (Phi) is 4.36. The first-order valence-corrected chi connectivity index (χ1v) is 7.93. The Hall–Kier alpha value is -3.39. The van der Waals surface area contributed by atoms with E-state index in [0.717, 1.165) is 22.5 Å². The Balaban J connectivity index is 1.96. The Labute approximate surface area is 146 Å². The van der Waals surface area contributed by atoms with E-state index >= 15 is 0 Å². The van der Waals surface area contributed by atoms with Gasteiger partial charge >= 0.3 is 0 Å². The van der Waals surface area contributed by atoms with E-state index in [1.54, 1.807) is 28.9 Å². The quantitative estimate of drug-likeness (QED) is 0.791. The molecule has 0 spiro atoms. The van der Waals surface area contributed by atoms with Crippen LogP contribution in [0.1, 0.15) is 32.7 Å². The molecule has 1 amide bonds. The van der Waals surface area contributed by atoms with E-state index in [1.807, 2.05) is 45.0 Å². The highest BCUT2D eigenvalue weighted by atomic mass is 16.1. The number of aromatic nitrogens is 2. The molecule has 0 atom stereocenters. The van der Waals surface area contributed by atoms with Gasteiger partial charge in [0.05, 0.1) is 23.0 Å². The number of nitriles is 1. The van der Waals surface area contributed by atoms with Gasteiger partial charge in [0.1, 0.15) is 5.82 Å². The number of aryl methyl sites for hydroxylation is 3. The minimum Gasteiger partial charge on any atom is -0.306 e. The standard InChI is InChI=1S/C20H18N4O/c1-13-7-14(2)9-18(8-13)24-19(10-15(3)23-24)22-20(25)17-6-4-5-16(11-17)12-21/h4-11H,1-3H3,(H,22,25). The molecule has 0 radical (unpaired) electrons. The second-order valence-corrected chi connectivity index (χ2v) is 6.08. The molecule has 5 nitrogen and oxygen atoms in total. The number of hydrogen-bond acceptors (Lipinski definition) is 3. The first-order chi connectivity index (χ1) is 12.0. The summed E-state index contributed by atoms with van der Waals surface area (Å²) in [7, 11) is 0. The second kappa shape index (κ2) is 6.62. The van der Waals surface area contributed by atoms with Gasteiger partial charge in [-0.15, -0.1) is 0 Å². The summed E-state index contributed by atoms with van der Waals surface area (Å²) in [6, 6.07) is 16.6. The fourth-order valence-corrected chi connectivity index (χ4v) is 2.78. The zero-order valence-corrected chi connectivity index (χ0v) is 14.4. The summed E-state index contributed by atoms with van der Waals surface area (Å²) in [6.07, 6.45) is 0. The summed E-state index contributed by atoms with van der Waals surface area (Å²) in [5, 5.41) is 16.4. The molecule has 0 saturated heterocycles. The van der Waals surface area contributed by atoms with Crippen molar-refractivity contribution in [1.82, 2.24) is 9.78 Å². The number of nitrogens with one attached hydrogen (secondary N) is 1. The van der Waals surface area contributed by atoms with Gasteiger partial charge in [0.25, 0.3) is 5.91 Å². The van der Waals surface area contributed by atoms with Gasteiger partial charge in [-0.3, -0.25) is 4.79 Å². The minimum absolute atomic E-state index is 0.275. The maximum absolute atomic E-state index is 12.5. The smallest absolute Gasteiger partial charge is 0.256 e. The molecule has 0 aliphatic rings. The van der Waals surface area contributed by atoms with Gasteiger partial charge in [-0.2, -0.15) is 10.4 Å². The molecule has 0 aliphatic heterocycles. The lowest BCUT2D eigenvalue weighted by atomic mass is 10.1. The van der Waals surface area contributed by atoms with Crippen LogP contribution in [0.2, 0.25) is 0 Å². The zero-order chi connectivity index (χ0) is 18.0. The fraction of sp³-hybridized carbons (Fsp3) is 0.150. The number of benzene rings is 2. The summed E-state index contributed by atoms with van der Waals surface area (Å²) in [5.41, 5.74) is 4.84. The maximum Gasteiger partial charge on any atom is 0.256 e. The average molecular weight is 330 g/mol. The van der Waals surface area contributed by atoms with E-state index in [2.05, 4.69) is 16.5 Å². The Morgan fingerprint density at radius 1 is 1.08 bits per heavy atom. The largest absolute Gasteiger partial charge is 0.306 e. The minimum atomic E-state index is -0.275. The van der Waals surface area contributed by atoms with E-state index in [-0.39, 0.29) is 5.91 Å².